The van der Waals surface area contributed by atoms with Crippen LogP contribution in [0.4, 0.5) is 13.2 Å². The topological polar surface area (TPSA) is 59.2 Å². The Kier molecular flexibility index (Phi) is 6.11. The van der Waals surface area contributed by atoms with Crippen LogP contribution >= 0.6 is 0 Å². The van der Waals surface area contributed by atoms with Crippen LogP contribution < -0.4 is 0 Å². The lowest BCUT2D eigenvalue weighted by molar-refractivity contribution is -0.137. The second-order valence-corrected chi connectivity index (χ2v) is 8.41. The smallest absolute Gasteiger partial charge is 0.416 e. The van der Waals surface area contributed by atoms with Crippen molar-refractivity contribution in [3.8, 4) is 11.5 Å². The minimum Gasteiger partial charge on any atom is -0.420 e. The molecule has 1 aliphatic heterocycles. The highest BCUT2D eigenvalue weighted by Gasteiger charge is 2.31. The highest BCUT2D eigenvalue weighted by Crippen LogP contribution is 2.33. The zero-order chi connectivity index (χ0) is 21.1. The SMILES string of the molecule is O=C(CC1CCCCC1)N1CCCC(c2nnc(-c3ccc(C(F)(F)F)cc3)o2)C1. The summed E-state index contributed by atoms with van der Waals surface area (Å²) in [7, 11) is 0. The maximum Gasteiger partial charge on any atom is 0.416 e. The van der Waals surface area contributed by atoms with Gasteiger partial charge in [-0.25, -0.2) is 0 Å². The number of alkyl halides is 3. The Morgan fingerprint density at radius 2 is 1.77 bits per heavy atom. The average molecular weight is 421 g/mol. The van der Waals surface area contributed by atoms with E-state index in [1.807, 2.05) is 4.90 Å². The Labute approximate surface area is 173 Å². The molecule has 2 aliphatic rings. The summed E-state index contributed by atoms with van der Waals surface area (Å²) in [6.45, 7) is 1.31. The predicted octanol–water partition coefficient (Wildman–Crippen LogP) is 5.43. The molecule has 8 heteroatoms. The summed E-state index contributed by atoms with van der Waals surface area (Å²) in [4.78, 5) is 14.7. The molecule has 162 valence electrons. The third-order valence-electron chi connectivity index (χ3n) is 6.21. The lowest BCUT2D eigenvalue weighted by Crippen LogP contribution is -2.40. The summed E-state index contributed by atoms with van der Waals surface area (Å²) in [6, 6.07) is 4.68. The second-order valence-electron chi connectivity index (χ2n) is 8.41. The summed E-state index contributed by atoms with van der Waals surface area (Å²) >= 11 is 0. The fourth-order valence-electron chi connectivity index (χ4n) is 4.49. The number of aromatic nitrogens is 2. The zero-order valence-corrected chi connectivity index (χ0v) is 16.8. The van der Waals surface area contributed by atoms with Crippen molar-refractivity contribution in [2.24, 2.45) is 5.92 Å². The van der Waals surface area contributed by atoms with E-state index in [-0.39, 0.29) is 17.7 Å². The zero-order valence-electron chi connectivity index (χ0n) is 16.8. The van der Waals surface area contributed by atoms with Gasteiger partial charge in [-0.3, -0.25) is 4.79 Å². The first-order valence-electron chi connectivity index (χ1n) is 10.7. The van der Waals surface area contributed by atoms with E-state index in [2.05, 4.69) is 10.2 Å². The molecule has 2 fully saturated rings. The normalized spacial score (nSPS) is 21.0. The van der Waals surface area contributed by atoms with Gasteiger partial charge in [-0.05, 0) is 55.9 Å². The van der Waals surface area contributed by atoms with Crippen LogP contribution in [-0.4, -0.2) is 34.1 Å². The first kappa shape index (κ1) is 20.9. The number of hydrogen-bond donors (Lipinski definition) is 0. The molecule has 1 saturated heterocycles. The molecule has 1 atom stereocenters. The lowest BCUT2D eigenvalue weighted by atomic mass is 9.86. The first-order chi connectivity index (χ1) is 14.4. The number of nitrogens with zero attached hydrogens (tertiary/aromatic N) is 3. The van der Waals surface area contributed by atoms with Gasteiger partial charge < -0.3 is 9.32 Å². The van der Waals surface area contributed by atoms with Gasteiger partial charge in [-0.1, -0.05) is 19.3 Å². The van der Waals surface area contributed by atoms with Gasteiger partial charge in [0.1, 0.15) is 0 Å². The largest absolute Gasteiger partial charge is 0.420 e. The molecule has 1 amide bonds. The van der Waals surface area contributed by atoms with Gasteiger partial charge in [-0.2, -0.15) is 13.2 Å². The third kappa shape index (κ3) is 4.84. The van der Waals surface area contributed by atoms with E-state index >= 15 is 0 Å². The molecule has 1 saturated carbocycles. The molecule has 0 spiro atoms. The molecule has 5 nitrogen and oxygen atoms in total. The number of halogens is 3. The minimum atomic E-state index is -4.38. The van der Waals surface area contributed by atoms with E-state index in [4.69, 9.17) is 4.42 Å². The van der Waals surface area contributed by atoms with Crippen LogP contribution in [0.15, 0.2) is 28.7 Å². The van der Waals surface area contributed by atoms with Crippen molar-refractivity contribution in [3.63, 3.8) is 0 Å². The third-order valence-corrected chi connectivity index (χ3v) is 6.21. The Bertz CT molecular complexity index is 857. The van der Waals surface area contributed by atoms with Crippen molar-refractivity contribution < 1.29 is 22.4 Å². The predicted molar refractivity (Wildman–Crippen MR) is 104 cm³/mol. The molecule has 0 radical (unpaired) electrons. The van der Waals surface area contributed by atoms with Gasteiger partial charge >= 0.3 is 6.18 Å². The number of amides is 1. The van der Waals surface area contributed by atoms with Crippen LogP contribution in [0, 0.1) is 5.92 Å². The quantitative estimate of drug-likeness (QED) is 0.660. The second kappa shape index (κ2) is 8.78. The highest BCUT2D eigenvalue weighted by molar-refractivity contribution is 5.76. The van der Waals surface area contributed by atoms with E-state index in [9.17, 15) is 18.0 Å². The number of benzene rings is 1. The fraction of sp³-hybridized carbons (Fsp3) is 0.591. The molecule has 1 unspecified atom stereocenters. The van der Waals surface area contributed by atoms with Crippen molar-refractivity contribution in [3.05, 3.63) is 35.7 Å². The summed E-state index contributed by atoms with van der Waals surface area (Å²) in [6.07, 6.45) is 3.95. The molecular formula is C22H26F3N3O2. The number of carbonyl (C=O) groups is 1. The molecule has 2 heterocycles. The molecule has 1 aromatic heterocycles. The lowest BCUT2D eigenvalue weighted by Gasteiger charge is -2.32. The number of carbonyl (C=O) groups excluding carboxylic acids is 1. The van der Waals surface area contributed by atoms with Crippen LogP contribution in [0.2, 0.25) is 0 Å². The van der Waals surface area contributed by atoms with Gasteiger partial charge in [0.25, 0.3) is 0 Å². The van der Waals surface area contributed by atoms with Crippen LogP contribution in [0.1, 0.15) is 68.7 Å². The van der Waals surface area contributed by atoms with Crippen LogP contribution in [0.5, 0.6) is 0 Å². The molecule has 2 aromatic rings. The van der Waals surface area contributed by atoms with E-state index < -0.39 is 11.7 Å². The summed E-state index contributed by atoms with van der Waals surface area (Å²) in [5, 5.41) is 8.14. The van der Waals surface area contributed by atoms with Crippen molar-refractivity contribution in [1.82, 2.24) is 15.1 Å². The van der Waals surface area contributed by atoms with E-state index in [1.54, 1.807) is 0 Å². The number of rotatable bonds is 4. The summed E-state index contributed by atoms with van der Waals surface area (Å²) in [5.74, 6) is 1.31. The van der Waals surface area contributed by atoms with E-state index in [0.717, 1.165) is 44.4 Å². The van der Waals surface area contributed by atoms with Crippen LogP contribution in [0.25, 0.3) is 11.5 Å². The van der Waals surface area contributed by atoms with E-state index in [0.29, 0.717) is 30.3 Å². The molecule has 1 aromatic carbocycles. The van der Waals surface area contributed by atoms with Gasteiger partial charge in [0.15, 0.2) is 0 Å². The van der Waals surface area contributed by atoms with Crippen molar-refractivity contribution >= 4 is 5.91 Å². The summed E-state index contributed by atoms with van der Waals surface area (Å²) < 4.78 is 44.0. The molecule has 4 rings (SSSR count). The molecule has 0 N–H and O–H groups in total. The van der Waals surface area contributed by atoms with Gasteiger partial charge in [0.05, 0.1) is 11.5 Å². The van der Waals surface area contributed by atoms with Gasteiger partial charge in [-0.15, -0.1) is 10.2 Å². The monoisotopic (exact) mass is 421 g/mol. The highest BCUT2D eigenvalue weighted by atomic mass is 19.4. The Morgan fingerprint density at radius 1 is 1.03 bits per heavy atom. The van der Waals surface area contributed by atoms with Crippen molar-refractivity contribution in [2.45, 2.75) is 63.5 Å². The molecule has 30 heavy (non-hydrogen) atoms. The van der Waals surface area contributed by atoms with Crippen LogP contribution in [-0.2, 0) is 11.0 Å². The number of hydrogen-bond acceptors (Lipinski definition) is 4. The molecular weight excluding hydrogens is 395 g/mol. The number of piperidine rings is 1. The van der Waals surface area contributed by atoms with E-state index in [1.165, 1.54) is 31.4 Å². The molecule has 0 bridgehead atoms. The van der Waals surface area contributed by atoms with Crippen LogP contribution in [0.3, 0.4) is 0 Å². The standard InChI is InChI=1S/C22H26F3N3O2/c23-22(24,25)18-10-8-16(9-11-18)20-26-27-21(30-20)17-7-4-12-28(14-17)19(29)13-15-5-2-1-3-6-15/h8-11,15,17H,1-7,12-14H2. The number of likely N-dealkylation sites (tertiary alicyclic amines) is 1. The van der Waals surface area contributed by atoms with Crippen molar-refractivity contribution in [2.75, 3.05) is 13.1 Å². The van der Waals surface area contributed by atoms with Gasteiger partial charge in [0.2, 0.25) is 17.7 Å². The first-order valence-corrected chi connectivity index (χ1v) is 10.7. The van der Waals surface area contributed by atoms with Crippen molar-refractivity contribution in [1.29, 1.82) is 0 Å². The maximum atomic E-state index is 12.8. The maximum absolute atomic E-state index is 12.8. The fourth-order valence-corrected chi connectivity index (χ4v) is 4.49. The summed E-state index contributed by atoms with van der Waals surface area (Å²) in [5.41, 5.74) is -0.270. The average Bonchev–Trinajstić information content (AvgIpc) is 3.24. The Balaban J connectivity index is 1.39. The Morgan fingerprint density at radius 3 is 2.47 bits per heavy atom. The molecule has 1 aliphatic carbocycles. The Hall–Kier alpha value is -2.38. The van der Waals surface area contributed by atoms with Gasteiger partial charge in [0, 0.05) is 25.1 Å². The minimum absolute atomic E-state index is 0.0373.